The zero-order valence-corrected chi connectivity index (χ0v) is 24.7. The van der Waals surface area contributed by atoms with Gasteiger partial charge >= 0.3 is 0 Å². The van der Waals surface area contributed by atoms with Crippen molar-refractivity contribution in [3.8, 4) is 0 Å². The standard InChI is InChI=1S/C23H32O3.C8H10.C3H8/c1-5-8-18(20(6-2)21(25)11-16(4)24)12-17-13-19-10-7-9-15(3)23(19)22(26)14-17;1-7-3-5-8(2)6-4-7;1-3-2/h7,9-10,17-18,20H,5-6,8,11-14H2,1-4H3;3-6H,1-2H3;3H2,1-2H3. The van der Waals surface area contributed by atoms with Gasteiger partial charge in [-0.3, -0.25) is 14.4 Å². The minimum Gasteiger partial charge on any atom is -0.300 e. The topological polar surface area (TPSA) is 51.2 Å². The number of carbonyl (C=O) groups excluding carboxylic acids is 3. The first-order chi connectivity index (χ1) is 17.6. The van der Waals surface area contributed by atoms with Gasteiger partial charge in [-0.05, 0) is 69.9 Å². The van der Waals surface area contributed by atoms with Crippen molar-refractivity contribution in [2.45, 2.75) is 107 Å². The number of fused-ring (bicyclic) bond motifs is 1. The predicted molar refractivity (Wildman–Crippen MR) is 156 cm³/mol. The number of carbonyl (C=O) groups is 3. The molecule has 1 aliphatic carbocycles. The fourth-order valence-electron chi connectivity index (χ4n) is 5.33. The maximum atomic E-state index is 12.7. The minimum absolute atomic E-state index is 0.0460. The molecule has 0 aliphatic heterocycles. The quantitative estimate of drug-likeness (QED) is 0.319. The van der Waals surface area contributed by atoms with Crippen LogP contribution in [0.25, 0.3) is 0 Å². The van der Waals surface area contributed by atoms with Crippen LogP contribution < -0.4 is 0 Å². The van der Waals surface area contributed by atoms with Gasteiger partial charge in [-0.2, -0.15) is 0 Å². The Hall–Kier alpha value is -2.55. The number of ketones is 3. The SMILES string of the molecule is CCC.CCCC(CC1CC(=O)c2c(C)cccc2C1)C(CC)C(=O)CC(C)=O.Cc1ccc(C)cc1. The number of hydrogen-bond acceptors (Lipinski definition) is 3. The summed E-state index contributed by atoms with van der Waals surface area (Å²) in [5, 5.41) is 0. The van der Waals surface area contributed by atoms with Crippen molar-refractivity contribution in [2.24, 2.45) is 17.8 Å². The molecule has 0 aromatic heterocycles. The van der Waals surface area contributed by atoms with Crippen LogP contribution in [-0.2, 0) is 16.0 Å². The van der Waals surface area contributed by atoms with Crippen LogP contribution >= 0.6 is 0 Å². The fraction of sp³-hybridized carbons (Fsp3) is 0.559. The van der Waals surface area contributed by atoms with Crippen molar-refractivity contribution >= 4 is 17.3 Å². The fourth-order valence-corrected chi connectivity index (χ4v) is 5.33. The first-order valence-electron chi connectivity index (χ1n) is 14.2. The third kappa shape index (κ3) is 11.2. The average Bonchev–Trinajstić information content (AvgIpc) is 2.82. The zero-order valence-electron chi connectivity index (χ0n) is 24.7. The van der Waals surface area contributed by atoms with Crippen molar-refractivity contribution in [2.75, 3.05) is 0 Å². The second kappa shape index (κ2) is 17.1. The van der Waals surface area contributed by atoms with Crippen LogP contribution in [0.2, 0.25) is 0 Å². The normalized spacial score (nSPS) is 15.8. The third-order valence-electron chi connectivity index (χ3n) is 6.98. The van der Waals surface area contributed by atoms with Gasteiger partial charge in [0.05, 0.1) is 6.42 Å². The highest BCUT2D eigenvalue weighted by atomic mass is 16.1. The zero-order chi connectivity index (χ0) is 28.0. The van der Waals surface area contributed by atoms with E-state index in [0.717, 1.165) is 48.8 Å². The van der Waals surface area contributed by atoms with Crippen LogP contribution in [0.3, 0.4) is 0 Å². The molecule has 2 aromatic rings. The Labute approximate surface area is 226 Å². The molecule has 0 radical (unpaired) electrons. The van der Waals surface area contributed by atoms with Crippen LogP contribution in [0, 0.1) is 38.5 Å². The lowest BCUT2D eigenvalue weighted by Gasteiger charge is -2.31. The van der Waals surface area contributed by atoms with Gasteiger partial charge < -0.3 is 0 Å². The van der Waals surface area contributed by atoms with E-state index in [9.17, 15) is 14.4 Å². The van der Waals surface area contributed by atoms with Gasteiger partial charge in [-0.25, -0.2) is 0 Å². The molecule has 3 heteroatoms. The lowest BCUT2D eigenvalue weighted by molar-refractivity contribution is -0.129. The predicted octanol–water partition coefficient (Wildman–Crippen LogP) is 8.84. The summed E-state index contributed by atoms with van der Waals surface area (Å²) in [5.41, 5.74) is 5.80. The molecule has 3 rings (SSSR count). The number of hydrogen-bond donors (Lipinski definition) is 0. The lowest BCUT2D eigenvalue weighted by Crippen LogP contribution is -2.29. The smallest absolute Gasteiger partial charge is 0.163 e. The first-order valence-corrected chi connectivity index (χ1v) is 14.2. The monoisotopic (exact) mass is 506 g/mol. The van der Waals surface area contributed by atoms with Gasteiger partial charge in [-0.15, -0.1) is 0 Å². The number of Topliss-reactive ketones (excluding diaryl/α,β-unsaturated/α-hetero) is 3. The molecule has 0 saturated carbocycles. The van der Waals surface area contributed by atoms with E-state index >= 15 is 0 Å². The van der Waals surface area contributed by atoms with Crippen LogP contribution in [0.4, 0.5) is 0 Å². The summed E-state index contributed by atoms with van der Waals surface area (Å²) in [6, 6.07) is 14.6. The molecule has 1 aliphatic rings. The van der Waals surface area contributed by atoms with Crippen molar-refractivity contribution in [3.63, 3.8) is 0 Å². The maximum absolute atomic E-state index is 12.7. The molecule has 0 fully saturated rings. The molecule has 0 amide bonds. The second-order valence-electron chi connectivity index (χ2n) is 10.8. The molecular weight excluding hydrogens is 456 g/mol. The molecule has 0 heterocycles. The van der Waals surface area contributed by atoms with Crippen molar-refractivity contribution in [3.05, 3.63) is 70.3 Å². The van der Waals surface area contributed by atoms with Crippen LogP contribution in [-0.4, -0.2) is 17.3 Å². The van der Waals surface area contributed by atoms with Gasteiger partial charge in [0.2, 0.25) is 0 Å². The molecule has 2 aromatic carbocycles. The van der Waals surface area contributed by atoms with E-state index in [0.29, 0.717) is 12.3 Å². The Morgan fingerprint density at radius 1 is 0.892 bits per heavy atom. The Morgan fingerprint density at radius 3 is 1.95 bits per heavy atom. The van der Waals surface area contributed by atoms with Gasteiger partial charge in [0, 0.05) is 17.9 Å². The lowest BCUT2D eigenvalue weighted by atomic mass is 9.72. The highest BCUT2D eigenvalue weighted by Gasteiger charge is 2.32. The van der Waals surface area contributed by atoms with E-state index in [1.54, 1.807) is 0 Å². The summed E-state index contributed by atoms with van der Waals surface area (Å²) in [4.78, 5) is 36.6. The van der Waals surface area contributed by atoms with Gasteiger partial charge in [0.1, 0.15) is 11.6 Å². The largest absolute Gasteiger partial charge is 0.300 e. The highest BCUT2D eigenvalue weighted by Crippen LogP contribution is 2.36. The molecule has 37 heavy (non-hydrogen) atoms. The number of benzene rings is 2. The Morgan fingerprint density at radius 2 is 1.46 bits per heavy atom. The summed E-state index contributed by atoms with van der Waals surface area (Å²) in [5.74, 6) is 0.770. The van der Waals surface area contributed by atoms with Gasteiger partial charge in [0.25, 0.3) is 0 Å². The van der Waals surface area contributed by atoms with E-state index in [-0.39, 0.29) is 35.6 Å². The van der Waals surface area contributed by atoms with Crippen LogP contribution in [0.5, 0.6) is 0 Å². The van der Waals surface area contributed by atoms with Crippen LogP contribution in [0.1, 0.15) is 112 Å². The van der Waals surface area contributed by atoms with E-state index in [1.807, 2.05) is 26.0 Å². The molecular formula is C34H50O3. The first kappa shape index (κ1) is 32.5. The molecule has 3 atom stereocenters. The van der Waals surface area contributed by atoms with E-state index in [1.165, 1.54) is 24.5 Å². The summed E-state index contributed by atoms with van der Waals surface area (Å²) < 4.78 is 0. The van der Waals surface area contributed by atoms with E-state index in [2.05, 4.69) is 65.0 Å². The number of aryl methyl sites for hydroxylation is 3. The van der Waals surface area contributed by atoms with Gasteiger partial charge in [-0.1, -0.05) is 101 Å². The Balaban J connectivity index is 0.000000516. The molecule has 3 unspecified atom stereocenters. The molecule has 0 spiro atoms. The average molecular weight is 507 g/mol. The molecule has 204 valence electrons. The Bertz CT molecular complexity index is 966. The highest BCUT2D eigenvalue weighted by molar-refractivity contribution is 6.00. The molecule has 3 nitrogen and oxygen atoms in total. The van der Waals surface area contributed by atoms with Crippen molar-refractivity contribution < 1.29 is 14.4 Å². The number of rotatable bonds is 9. The summed E-state index contributed by atoms with van der Waals surface area (Å²) in [6.07, 6.45) is 6.46. The summed E-state index contributed by atoms with van der Waals surface area (Å²) in [6.45, 7) is 16.1. The van der Waals surface area contributed by atoms with E-state index in [4.69, 9.17) is 0 Å². The minimum atomic E-state index is -0.0622. The van der Waals surface area contributed by atoms with Crippen molar-refractivity contribution in [1.29, 1.82) is 0 Å². The van der Waals surface area contributed by atoms with Gasteiger partial charge in [0.15, 0.2) is 5.78 Å². The van der Waals surface area contributed by atoms with Crippen LogP contribution in [0.15, 0.2) is 42.5 Å². The third-order valence-corrected chi connectivity index (χ3v) is 6.98. The maximum Gasteiger partial charge on any atom is 0.163 e. The summed E-state index contributed by atoms with van der Waals surface area (Å²) in [7, 11) is 0. The van der Waals surface area contributed by atoms with Crippen molar-refractivity contribution in [1.82, 2.24) is 0 Å². The molecule has 0 N–H and O–H groups in total. The second-order valence-corrected chi connectivity index (χ2v) is 10.8. The summed E-state index contributed by atoms with van der Waals surface area (Å²) >= 11 is 0. The molecule has 0 bridgehead atoms. The van der Waals surface area contributed by atoms with E-state index < -0.39 is 0 Å². The Kier molecular flexibility index (Phi) is 15.0. The molecule has 0 saturated heterocycles.